The summed E-state index contributed by atoms with van der Waals surface area (Å²) in [6.07, 6.45) is 4.05. The molecule has 3 heteroatoms. The predicted octanol–water partition coefficient (Wildman–Crippen LogP) is -0.186. The first-order chi connectivity index (χ1) is 3.93. The molecule has 9 heavy (non-hydrogen) atoms. The normalized spacial score (nSPS) is 28.3. The molecule has 0 aromatic carbocycles. The van der Waals surface area contributed by atoms with Crippen molar-refractivity contribution in [1.29, 1.82) is 0 Å². The molecule has 0 amide bonds. The molecule has 0 aromatic rings. The molecule has 1 nitrogen and oxygen atoms in total. The molecule has 1 atom stereocenters. The van der Waals surface area contributed by atoms with Gasteiger partial charge < -0.3 is 4.74 Å². The summed E-state index contributed by atoms with van der Waals surface area (Å²) in [5.41, 5.74) is 0.726. The van der Waals surface area contributed by atoms with Gasteiger partial charge in [-0.3, -0.25) is 0 Å². The third kappa shape index (κ3) is 3.70. The van der Waals surface area contributed by atoms with Crippen molar-refractivity contribution in [3.05, 3.63) is 0 Å². The van der Waals surface area contributed by atoms with Gasteiger partial charge in [-0.2, -0.15) is 0 Å². The first-order valence-electron chi connectivity index (χ1n) is 3.55. The molecular weight excluding hydrogens is 325 g/mol. The molecule has 0 radical (unpaired) electrons. The Morgan fingerprint density at radius 3 is 2.56 bits per heavy atom. The number of hydrogen-bond donors (Lipinski definition) is 0. The van der Waals surface area contributed by atoms with Crippen LogP contribution in [0.25, 0.3) is 0 Å². The van der Waals surface area contributed by atoms with Crippen LogP contribution in [0.3, 0.4) is 0 Å². The molecule has 0 bridgehead atoms. The van der Waals surface area contributed by atoms with Crippen molar-refractivity contribution in [3.8, 4) is 0 Å². The summed E-state index contributed by atoms with van der Waals surface area (Å²) in [5, 5.41) is 0. The molecule has 1 unspecified atom stereocenters. The molecule has 1 rings (SSSR count). The molecule has 1 fully saturated rings. The zero-order valence-corrected chi connectivity index (χ0v) is 11.3. The van der Waals surface area contributed by atoms with Crippen molar-refractivity contribution in [2.45, 2.75) is 31.5 Å². The van der Waals surface area contributed by atoms with E-state index >= 15 is 0 Å². The van der Waals surface area contributed by atoms with Gasteiger partial charge in [0.25, 0.3) is 0 Å². The summed E-state index contributed by atoms with van der Waals surface area (Å²) in [4.78, 5) is 0. The van der Waals surface area contributed by atoms with Gasteiger partial charge in [0.1, 0.15) is 0 Å². The molecule has 0 saturated carbocycles. The van der Waals surface area contributed by atoms with E-state index in [1.165, 1.54) is 19.3 Å². The quantitative estimate of drug-likeness (QED) is 0.601. The number of rotatable bonds is 1. The summed E-state index contributed by atoms with van der Waals surface area (Å²) in [5.74, 6) is 0. The van der Waals surface area contributed by atoms with E-state index in [0.29, 0.717) is 0 Å². The zero-order chi connectivity index (χ0) is 5.82. The summed E-state index contributed by atoms with van der Waals surface area (Å²) in [6, 6.07) is 0. The Labute approximate surface area is 78.8 Å². The summed E-state index contributed by atoms with van der Waals surface area (Å²) >= 11 is 0. The van der Waals surface area contributed by atoms with Gasteiger partial charge in [0.05, 0.1) is 9.52 Å². The van der Waals surface area contributed by atoms with Crippen molar-refractivity contribution < 1.29 is 4.74 Å². The number of hydrogen-bond acceptors (Lipinski definition) is 1. The van der Waals surface area contributed by atoms with Crippen molar-refractivity contribution >= 4 is 36.1 Å². The van der Waals surface area contributed by atoms with Crippen LogP contribution in [0.1, 0.15) is 19.3 Å². The molecule has 0 N–H and O–H groups in total. The Morgan fingerprint density at radius 2 is 2.22 bits per heavy atom. The fourth-order valence-electron chi connectivity index (χ4n) is 1.13. The van der Waals surface area contributed by atoms with Crippen molar-refractivity contribution in [1.82, 2.24) is 0 Å². The molecule has 0 aromatic heterocycles. The van der Waals surface area contributed by atoms with Crippen LogP contribution in [0, 0.1) is 0 Å². The first kappa shape index (κ1) is 10.1. The van der Waals surface area contributed by atoms with Gasteiger partial charge in [-0.15, -0.1) is 0 Å². The van der Waals surface area contributed by atoms with E-state index < -0.39 is 0 Å². The topological polar surface area (TPSA) is 9.23 Å². The molecule has 56 valence electrons. The van der Waals surface area contributed by atoms with Crippen molar-refractivity contribution in [3.63, 3.8) is 0 Å². The molecule has 0 spiro atoms. The van der Waals surface area contributed by atoms with E-state index in [1.54, 1.807) is 0 Å². The van der Waals surface area contributed by atoms with Crippen molar-refractivity contribution in [2.75, 3.05) is 6.61 Å². The minimum atomic E-state index is 0. The Kier molecular flexibility index (Phi) is 6.52. The van der Waals surface area contributed by atoms with Gasteiger partial charge in [-0.05, 0) is 19.3 Å². The second-order valence-corrected chi connectivity index (χ2v) is 4.12. The maximum atomic E-state index is 5.49. The fourth-order valence-corrected chi connectivity index (χ4v) is 2.23. The molecule has 0 aliphatic carbocycles. The monoisotopic (exact) mass is 341 g/mol. The van der Waals surface area contributed by atoms with E-state index in [4.69, 9.17) is 4.74 Å². The van der Waals surface area contributed by atoms with E-state index in [0.717, 1.165) is 12.3 Å². The number of ether oxygens (including phenoxy) is 1. The van der Waals surface area contributed by atoms with E-state index in [1.807, 2.05) is 0 Å². The predicted molar refractivity (Wildman–Crippen MR) is 46.5 cm³/mol. The molecule has 1 heterocycles. The Morgan fingerprint density at radius 1 is 1.44 bits per heavy atom. The summed E-state index contributed by atoms with van der Waals surface area (Å²) in [6.45, 7) is 3.36. The first-order valence-corrected chi connectivity index (χ1v) is 5.78. The van der Waals surface area contributed by atoms with Crippen molar-refractivity contribution in [2.24, 2.45) is 0 Å². The Bertz CT molecular complexity index is 64.1. The van der Waals surface area contributed by atoms with Gasteiger partial charge in [-0.1, -0.05) is 6.55 Å². The second kappa shape index (κ2) is 5.83. The third-order valence-corrected chi connectivity index (χ3v) is 3.28. The molecule has 1 aliphatic rings. The van der Waals surface area contributed by atoms with Crippen LogP contribution in [-0.2, 0) is 4.74 Å². The summed E-state index contributed by atoms with van der Waals surface area (Å²) in [7, 11) is 0.146. The average molecular weight is 341 g/mol. The van der Waals surface area contributed by atoms with Crippen LogP contribution in [0.4, 0.5) is 0 Å². The van der Waals surface area contributed by atoms with Gasteiger partial charge >= 0.3 is 26.6 Å². The molecule has 1 saturated heterocycles. The van der Waals surface area contributed by atoms with Gasteiger partial charge in [0, 0.05) is 12.3 Å². The fraction of sp³-hybridized carbons (Fsp3) is 1.00. The average Bonchev–Trinajstić information content (AvgIpc) is 1.90. The van der Waals surface area contributed by atoms with Crippen LogP contribution in [0.5, 0.6) is 0 Å². The second-order valence-electron chi connectivity index (χ2n) is 2.40. The minimum absolute atomic E-state index is 0. The molecule has 1 aliphatic heterocycles. The third-order valence-electron chi connectivity index (χ3n) is 1.73. The standard InChI is InChI=1S/C6H14OSi.Po.2H/c1-8-6-4-2-3-5-7-6;;;/h6H,2-5,8H2,1H3;;;. The Hall–Kier alpha value is 1.07. The SMILES string of the molecule is C[SiH2]C1CCCCO1.[PoH2]. The van der Waals surface area contributed by atoms with Gasteiger partial charge in [-0.25, -0.2) is 0 Å². The van der Waals surface area contributed by atoms with E-state index in [-0.39, 0.29) is 36.1 Å². The zero-order valence-electron chi connectivity index (χ0n) is 6.02. The Balaban J connectivity index is 0.000000640. The van der Waals surface area contributed by atoms with Gasteiger partial charge in [0.2, 0.25) is 0 Å². The van der Waals surface area contributed by atoms with Gasteiger partial charge in [0.15, 0.2) is 0 Å². The van der Waals surface area contributed by atoms with E-state index in [9.17, 15) is 0 Å². The van der Waals surface area contributed by atoms with Crippen LogP contribution < -0.4 is 0 Å². The van der Waals surface area contributed by atoms with Crippen LogP contribution in [-0.4, -0.2) is 48.4 Å². The van der Waals surface area contributed by atoms with Crippen LogP contribution >= 0.6 is 0 Å². The molecular formula is C6H16OPoSi. The van der Waals surface area contributed by atoms with Crippen LogP contribution in [0.15, 0.2) is 0 Å². The maximum absolute atomic E-state index is 5.49. The van der Waals surface area contributed by atoms with Crippen LogP contribution in [0.2, 0.25) is 6.55 Å². The summed E-state index contributed by atoms with van der Waals surface area (Å²) < 4.78 is 5.49. The van der Waals surface area contributed by atoms with E-state index in [2.05, 4.69) is 6.55 Å².